The van der Waals surface area contributed by atoms with Gasteiger partial charge >= 0.3 is 0 Å². The lowest BCUT2D eigenvalue weighted by Gasteiger charge is -2.08. The predicted molar refractivity (Wildman–Crippen MR) is 106 cm³/mol. The van der Waals surface area contributed by atoms with Crippen molar-refractivity contribution in [2.24, 2.45) is 0 Å². The Bertz CT molecular complexity index is 902. The second kappa shape index (κ2) is 7.58. The van der Waals surface area contributed by atoms with Crippen molar-refractivity contribution in [3.8, 4) is 5.75 Å². The first-order valence-corrected chi connectivity index (χ1v) is 9.15. The van der Waals surface area contributed by atoms with E-state index >= 15 is 0 Å². The van der Waals surface area contributed by atoms with Crippen molar-refractivity contribution in [3.05, 3.63) is 79.6 Å². The molecule has 0 amide bonds. The molecule has 0 aliphatic carbocycles. The number of carbonyl (C=O) groups is 1. The van der Waals surface area contributed by atoms with Gasteiger partial charge in [0.05, 0.1) is 15.0 Å². The van der Waals surface area contributed by atoms with Gasteiger partial charge in [-0.05, 0) is 78.4 Å². The van der Waals surface area contributed by atoms with Crippen molar-refractivity contribution in [2.75, 3.05) is 0 Å². The van der Waals surface area contributed by atoms with E-state index in [2.05, 4.69) is 27.7 Å². The Hall–Kier alpha value is -1.86. The first-order valence-electron chi connectivity index (χ1n) is 7.69. The maximum Gasteiger partial charge on any atom is 0.278 e. The number of aryl methyl sites for hydroxylation is 1. The number of hydrogen-bond donors (Lipinski definition) is 0. The molecule has 25 heavy (non-hydrogen) atoms. The number of rotatable bonds is 4. The second-order valence-electron chi connectivity index (χ2n) is 5.64. The molecule has 0 saturated carbocycles. The van der Waals surface area contributed by atoms with E-state index in [4.69, 9.17) is 16.3 Å². The zero-order valence-corrected chi connectivity index (χ0v) is 16.7. The van der Waals surface area contributed by atoms with E-state index in [1.165, 1.54) is 4.68 Å². The van der Waals surface area contributed by atoms with E-state index in [9.17, 15) is 4.79 Å². The fourth-order valence-electron chi connectivity index (χ4n) is 2.38. The van der Waals surface area contributed by atoms with Crippen molar-refractivity contribution in [1.82, 2.24) is 9.78 Å². The molecule has 0 unspecified atom stereocenters. The van der Waals surface area contributed by atoms with Crippen LogP contribution in [-0.4, -0.2) is 15.7 Å². The molecule has 6 heteroatoms. The minimum absolute atomic E-state index is 0.131. The van der Waals surface area contributed by atoms with E-state index in [-0.39, 0.29) is 5.91 Å². The van der Waals surface area contributed by atoms with Crippen molar-refractivity contribution in [3.63, 3.8) is 0 Å². The van der Waals surface area contributed by atoms with E-state index in [1.807, 2.05) is 38.1 Å². The van der Waals surface area contributed by atoms with Crippen LogP contribution in [0.3, 0.4) is 0 Å². The maximum absolute atomic E-state index is 12.6. The van der Waals surface area contributed by atoms with Gasteiger partial charge < -0.3 is 4.74 Å². The fraction of sp³-hybridized carbons (Fsp3) is 0.158. The lowest BCUT2D eigenvalue weighted by Crippen LogP contribution is -2.15. The standard InChI is InChI=1S/C19H16ClIN2O2/c1-12-18(21)13(2)23(22-12)19(24)15-5-3-14(4-6-15)11-25-17-9-7-16(20)8-10-17/h3-10H,11H2,1-2H3. The summed E-state index contributed by atoms with van der Waals surface area (Å²) in [7, 11) is 0. The predicted octanol–water partition coefficient (Wildman–Crippen LogP) is 5.03. The average Bonchev–Trinajstić information content (AvgIpc) is 2.88. The van der Waals surface area contributed by atoms with Gasteiger partial charge in [0.2, 0.25) is 0 Å². The topological polar surface area (TPSA) is 44.1 Å². The molecule has 1 aromatic heterocycles. The van der Waals surface area contributed by atoms with Gasteiger partial charge in [0, 0.05) is 10.6 Å². The van der Waals surface area contributed by atoms with Gasteiger partial charge in [-0.2, -0.15) is 9.78 Å². The van der Waals surface area contributed by atoms with Gasteiger partial charge in [0.25, 0.3) is 5.91 Å². The summed E-state index contributed by atoms with van der Waals surface area (Å²) in [5.41, 5.74) is 3.30. The lowest BCUT2D eigenvalue weighted by molar-refractivity contribution is 0.0942. The van der Waals surface area contributed by atoms with Crippen LogP contribution in [-0.2, 0) is 6.61 Å². The number of hydrogen-bond acceptors (Lipinski definition) is 3. The minimum atomic E-state index is -0.131. The van der Waals surface area contributed by atoms with Crippen LogP contribution in [0.25, 0.3) is 0 Å². The fourth-order valence-corrected chi connectivity index (χ4v) is 2.85. The van der Waals surface area contributed by atoms with Crippen LogP contribution in [0.2, 0.25) is 5.02 Å². The number of halogens is 2. The van der Waals surface area contributed by atoms with Gasteiger partial charge in [0.15, 0.2) is 0 Å². The minimum Gasteiger partial charge on any atom is -0.489 e. The monoisotopic (exact) mass is 466 g/mol. The molecule has 0 saturated heterocycles. The maximum atomic E-state index is 12.6. The first-order chi connectivity index (χ1) is 12.0. The number of aromatic nitrogens is 2. The molecule has 0 atom stereocenters. The van der Waals surface area contributed by atoms with Crippen molar-refractivity contribution >= 4 is 40.1 Å². The van der Waals surface area contributed by atoms with Crippen LogP contribution in [0.5, 0.6) is 5.75 Å². The smallest absolute Gasteiger partial charge is 0.278 e. The number of benzene rings is 2. The van der Waals surface area contributed by atoms with E-state index < -0.39 is 0 Å². The molecule has 0 N–H and O–H groups in total. The van der Waals surface area contributed by atoms with Crippen LogP contribution in [0.4, 0.5) is 0 Å². The molecule has 0 spiro atoms. The number of ether oxygens (including phenoxy) is 1. The molecule has 1 heterocycles. The van der Waals surface area contributed by atoms with Crippen molar-refractivity contribution < 1.29 is 9.53 Å². The zero-order chi connectivity index (χ0) is 18.0. The third-order valence-corrected chi connectivity index (χ3v) is 5.63. The second-order valence-corrected chi connectivity index (χ2v) is 7.16. The van der Waals surface area contributed by atoms with Crippen LogP contribution in [0.1, 0.15) is 27.3 Å². The lowest BCUT2D eigenvalue weighted by atomic mass is 10.1. The van der Waals surface area contributed by atoms with E-state index in [0.29, 0.717) is 17.2 Å². The van der Waals surface area contributed by atoms with Gasteiger partial charge in [-0.25, -0.2) is 0 Å². The average molecular weight is 467 g/mol. The Kier molecular flexibility index (Phi) is 5.44. The molecule has 0 bridgehead atoms. The molecule has 0 radical (unpaired) electrons. The van der Waals surface area contributed by atoms with Crippen LogP contribution in [0, 0.1) is 17.4 Å². The Balaban J connectivity index is 1.70. The Labute approximate surface area is 164 Å². The van der Waals surface area contributed by atoms with Crippen molar-refractivity contribution in [2.45, 2.75) is 20.5 Å². The van der Waals surface area contributed by atoms with Crippen LogP contribution in [0.15, 0.2) is 48.5 Å². The Morgan fingerprint density at radius 2 is 1.76 bits per heavy atom. The summed E-state index contributed by atoms with van der Waals surface area (Å²) >= 11 is 8.06. The zero-order valence-electron chi connectivity index (χ0n) is 13.8. The van der Waals surface area contributed by atoms with Crippen LogP contribution < -0.4 is 4.74 Å². The highest BCUT2D eigenvalue weighted by Crippen LogP contribution is 2.19. The summed E-state index contributed by atoms with van der Waals surface area (Å²) in [6, 6.07) is 14.6. The highest BCUT2D eigenvalue weighted by molar-refractivity contribution is 14.1. The third-order valence-electron chi connectivity index (χ3n) is 3.82. The van der Waals surface area contributed by atoms with E-state index in [0.717, 1.165) is 26.3 Å². The largest absolute Gasteiger partial charge is 0.489 e. The summed E-state index contributed by atoms with van der Waals surface area (Å²) in [6.45, 7) is 4.22. The third kappa shape index (κ3) is 4.04. The number of nitrogens with zero attached hydrogens (tertiary/aromatic N) is 2. The number of carbonyl (C=O) groups excluding carboxylic acids is 1. The Morgan fingerprint density at radius 3 is 2.32 bits per heavy atom. The SMILES string of the molecule is Cc1nn(C(=O)c2ccc(COc3ccc(Cl)cc3)cc2)c(C)c1I. The molecule has 2 aromatic carbocycles. The first kappa shape index (κ1) is 17.9. The summed E-state index contributed by atoms with van der Waals surface area (Å²) in [4.78, 5) is 12.6. The van der Waals surface area contributed by atoms with Gasteiger partial charge in [-0.3, -0.25) is 4.79 Å². The van der Waals surface area contributed by atoms with Gasteiger partial charge in [-0.15, -0.1) is 0 Å². The molecular weight excluding hydrogens is 451 g/mol. The summed E-state index contributed by atoms with van der Waals surface area (Å²) < 4.78 is 8.18. The molecule has 0 aliphatic heterocycles. The molecule has 128 valence electrons. The molecular formula is C19H16ClIN2O2. The summed E-state index contributed by atoms with van der Waals surface area (Å²) in [5.74, 6) is 0.621. The molecule has 4 nitrogen and oxygen atoms in total. The quantitative estimate of drug-likeness (QED) is 0.507. The molecule has 0 fully saturated rings. The molecule has 3 rings (SSSR count). The summed E-state index contributed by atoms with van der Waals surface area (Å²) in [5, 5.41) is 4.99. The van der Waals surface area contributed by atoms with E-state index in [1.54, 1.807) is 24.3 Å². The van der Waals surface area contributed by atoms with Crippen molar-refractivity contribution in [1.29, 1.82) is 0 Å². The highest BCUT2D eigenvalue weighted by Gasteiger charge is 2.16. The summed E-state index contributed by atoms with van der Waals surface area (Å²) in [6.07, 6.45) is 0. The van der Waals surface area contributed by atoms with Gasteiger partial charge in [0.1, 0.15) is 12.4 Å². The van der Waals surface area contributed by atoms with Gasteiger partial charge in [-0.1, -0.05) is 23.7 Å². The Morgan fingerprint density at radius 1 is 1.12 bits per heavy atom. The molecule has 0 aliphatic rings. The highest BCUT2D eigenvalue weighted by atomic mass is 127. The normalized spacial score (nSPS) is 10.7. The molecule has 3 aromatic rings. The van der Waals surface area contributed by atoms with Crippen LogP contribution >= 0.6 is 34.2 Å².